The van der Waals surface area contributed by atoms with Crippen molar-refractivity contribution in [1.82, 2.24) is 5.32 Å². The van der Waals surface area contributed by atoms with Crippen LogP contribution in [0.1, 0.15) is 6.42 Å². The second-order valence-corrected chi connectivity index (χ2v) is 2.97. The molecule has 0 aromatic carbocycles. The molecule has 1 aliphatic rings. The Hall–Kier alpha value is -0.640. The molecule has 3 nitrogen and oxygen atoms in total. The average molecular weight is 169 g/mol. The molecule has 0 bridgehead atoms. The number of aliphatic hydroxyl groups excluding tert-OH is 2. The molecular weight excluding hydrogens is 154 g/mol. The van der Waals surface area contributed by atoms with E-state index < -0.39 is 12.2 Å². The third-order valence-electron chi connectivity index (χ3n) is 1.91. The minimum Gasteiger partial charge on any atom is -0.389 e. The maximum atomic E-state index is 9.52. The van der Waals surface area contributed by atoms with Crippen molar-refractivity contribution in [3.05, 3.63) is 23.8 Å². The average Bonchev–Trinajstić information content (AvgIpc) is 2.05. The first-order valence-corrected chi connectivity index (χ1v) is 4.12. The number of nitrogens with one attached hydrogen (secondary N) is 1. The van der Waals surface area contributed by atoms with E-state index in [1.165, 1.54) is 0 Å². The molecule has 1 aliphatic carbocycles. The Kier molecular flexibility index (Phi) is 3.47. The summed E-state index contributed by atoms with van der Waals surface area (Å²) in [4.78, 5) is 0. The van der Waals surface area contributed by atoms with Gasteiger partial charge < -0.3 is 15.5 Å². The van der Waals surface area contributed by atoms with Gasteiger partial charge in [-0.25, -0.2) is 0 Å². The fourth-order valence-corrected chi connectivity index (χ4v) is 1.26. The minimum atomic E-state index is -0.477. The van der Waals surface area contributed by atoms with Gasteiger partial charge in [0.2, 0.25) is 0 Å². The first kappa shape index (κ1) is 9.45. The van der Waals surface area contributed by atoms with Crippen molar-refractivity contribution in [3.63, 3.8) is 0 Å². The van der Waals surface area contributed by atoms with E-state index >= 15 is 0 Å². The zero-order valence-electron chi connectivity index (χ0n) is 7.20. The molecule has 2 atom stereocenters. The van der Waals surface area contributed by atoms with Crippen LogP contribution < -0.4 is 5.32 Å². The van der Waals surface area contributed by atoms with E-state index in [1.807, 2.05) is 6.08 Å². The van der Waals surface area contributed by atoms with Crippen LogP contribution in [0.25, 0.3) is 0 Å². The Morgan fingerprint density at radius 1 is 1.75 bits per heavy atom. The van der Waals surface area contributed by atoms with Crippen molar-refractivity contribution >= 4 is 0 Å². The molecule has 0 amide bonds. The first-order chi connectivity index (χ1) is 5.74. The van der Waals surface area contributed by atoms with Gasteiger partial charge in [0, 0.05) is 13.0 Å². The monoisotopic (exact) mass is 169 g/mol. The summed E-state index contributed by atoms with van der Waals surface area (Å²) in [5.41, 5.74) is 0.888. The molecule has 3 heteroatoms. The van der Waals surface area contributed by atoms with Gasteiger partial charge in [-0.2, -0.15) is 0 Å². The molecule has 0 saturated heterocycles. The summed E-state index contributed by atoms with van der Waals surface area (Å²) in [5.74, 6) is 0. The zero-order chi connectivity index (χ0) is 8.97. The molecule has 3 N–H and O–H groups in total. The van der Waals surface area contributed by atoms with Crippen molar-refractivity contribution in [2.45, 2.75) is 18.6 Å². The van der Waals surface area contributed by atoms with E-state index in [-0.39, 0.29) is 0 Å². The molecule has 0 fully saturated rings. The number of aliphatic hydroxyl groups is 2. The number of rotatable bonds is 3. The van der Waals surface area contributed by atoms with Crippen LogP contribution in [0.4, 0.5) is 0 Å². The van der Waals surface area contributed by atoms with Gasteiger partial charge in [0.1, 0.15) is 0 Å². The van der Waals surface area contributed by atoms with E-state index in [2.05, 4.69) is 5.32 Å². The predicted octanol–water partition coefficient (Wildman–Crippen LogP) is -0.186. The largest absolute Gasteiger partial charge is 0.389 e. The Balaban J connectivity index is 2.51. The normalized spacial score (nSPS) is 25.2. The standard InChI is InChI=1S/C9H15NO2/c1-10-6-9(12)7-3-2-4-8(11)5-7/h2-4,8-12H,5-6H2,1H3. The van der Waals surface area contributed by atoms with Gasteiger partial charge >= 0.3 is 0 Å². The molecule has 12 heavy (non-hydrogen) atoms. The third kappa shape index (κ3) is 2.44. The topological polar surface area (TPSA) is 52.5 Å². The lowest BCUT2D eigenvalue weighted by molar-refractivity contribution is 0.176. The van der Waals surface area contributed by atoms with E-state index in [0.29, 0.717) is 13.0 Å². The smallest absolute Gasteiger partial charge is 0.0878 e. The van der Waals surface area contributed by atoms with Crippen LogP contribution >= 0.6 is 0 Å². The summed E-state index contributed by atoms with van der Waals surface area (Å²) in [6, 6.07) is 0. The highest BCUT2D eigenvalue weighted by Crippen LogP contribution is 2.15. The third-order valence-corrected chi connectivity index (χ3v) is 1.91. The minimum absolute atomic E-state index is 0.434. The van der Waals surface area contributed by atoms with Crippen molar-refractivity contribution < 1.29 is 10.2 Å². The maximum absolute atomic E-state index is 9.52. The lowest BCUT2D eigenvalue weighted by Crippen LogP contribution is -2.27. The summed E-state index contributed by atoms with van der Waals surface area (Å²) in [6.07, 6.45) is 4.98. The Morgan fingerprint density at radius 2 is 2.50 bits per heavy atom. The summed E-state index contributed by atoms with van der Waals surface area (Å²) in [6.45, 7) is 0.534. The highest BCUT2D eigenvalue weighted by atomic mass is 16.3. The van der Waals surface area contributed by atoms with Gasteiger partial charge in [-0.15, -0.1) is 0 Å². The van der Waals surface area contributed by atoms with Crippen molar-refractivity contribution in [2.75, 3.05) is 13.6 Å². The van der Waals surface area contributed by atoms with Crippen molar-refractivity contribution in [3.8, 4) is 0 Å². The van der Waals surface area contributed by atoms with Gasteiger partial charge in [0.15, 0.2) is 0 Å². The SMILES string of the molecule is CNCC(O)C1=CC=CC(O)C1. The van der Waals surface area contributed by atoms with Crippen LogP contribution in [0.5, 0.6) is 0 Å². The van der Waals surface area contributed by atoms with Crippen LogP contribution in [0, 0.1) is 0 Å². The molecule has 0 aromatic heterocycles. The molecule has 0 aromatic rings. The quantitative estimate of drug-likeness (QED) is 0.549. The molecule has 0 heterocycles. The van der Waals surface area contributed by atoms with Gasteiger partial charge in [0.25, 0.3) is 0 Å². The summed E-state index contributed by atoms with van der Waals surface area (Å²) < 4.78 is 0. The van der Waals surface area contributed by atoms with E-state index in [4.69, 9.17) is 0 Å². The van der Waals surface area contributed by atoms with Crippen LogP contribution in [-0.4, -0.2) is 36.0 Å². The molecule has 0 aliphatic heterocycles. The van der Waals surface area contributed by atoms with Crippen molar-refractivity contribution in [2.24, 2.45) is 0 Å². The fraction of sp³-hybridized carbons (Fsp3) is 0.556. The van der Waals surface area contributed by atoms with Crippen molar-refractivity contribution in [1.29, 1.82) is 0 Å². The summed E-state index contributed by atoms with van der Waals surface area (Å²) >= 11 is 0. The van der Waals surface area contributed by atoms with Gasteiger partial charge in [-0.1, -0.05) is 18.2 Å². The Morgan fingerprint density at radius 3 is 3.08 bits per heavy atom. The molecular formula is C9H15NO2. The number of hydrogen-bond donors (Lipinski definition) is 3. The highest BCUT2D eigenvalue weighted by molar-refractivity contribution is 5.23. The summed E-state index contributed by atoms with van der Waals surface area (Å²) in [7, 11) is 1.79. The molecule has 2 unspecified atom stereocenters. The molecule has 0 saturated carbocycles. The lowest BCUT2D eigenvalue weighted by atomic mass is 9.98. The van der Waals surface area contributed by atoms with Gasteiger partial charge in [-0.05, 0) is 12.6 Å². The van der Waals surface area contributed by atoms with Gasteiger partial charge in [0.05, 0.1) is 12.2 Å². The Bertz CT molecular complexity index is 199. The fourth-order valence-electron chi connectivity index (χ4n) is 1.26. The van der Waals surface area contributed by atoms with E-state index in [9.17, 15) is 10.2 Å². The molecule has 0 radical (unpaired) electrons. The summed E-state index contributed by atoms with van der Waals surface area (Å²) in [5, 5.41) is 21.6. The van der Waals surface area contributed by atoms with E-state index in [0.717, 1.165) is 5.57 Å². The van der Waals surface area contributed by atoms with Gasteiger partial charge in [-0.3, -0.25) is 0 Å². The van der Waals surface area contributed by atoms with Crippen LogP contribution in [-0.2, 0) is 0 Å². The molecule has 68 valence electrons. The molecule has 0 spiro atoms. The second kappa shape index (κ2) is 4.40. The first-order valence-electron chi connectivity index (χ1n) is 4.12. The molecule has 1 rings (SSSR count). The number of likely N-dealkylation sites (N-methyl/N-ethyl adjacent to an activating group) is 1. The van der Waals surface area contributed by atoms with E-state index in [1.54, 1.807) is 19.2 Å². The zero-order valence-corrected chi connectivity index (χ0v) is 7.20. The van der Waals surface area contributed by atoms with Crippen LogP contribution in [0.3, 0.4) is 0 Å². The number of hydrogen-bond acceptors (Lipinski definition) is 3. The lowest BCUT2D eigenvalue weighted by Gasteiger charge is -2.18. The second-order valence-electron chi connectivity index (χ2n) is 2.97. The number of allylic oxidation sites excluding steroid dienone is 2. The van der Waals surface area contributed by atoms with Crippen LogP contribution in [0.2, 0.25) is 0 Å². The van der Waals surface area contributed by atoms with Crippen LogP contribution in [0.15, 0.2) is 23.8 Å². The highest BCUT2D eigenvalue weighted by Gasteiger charge is 2.14. The predicted molar refractivity (Wildman–Crippen MR) is 47.8 cm³/mol. The Labute approximate surface area is 72.4 Å². The maximum Gasteiger partial charge on any atom is 0.0878 e.